The van der Waals surface area contributed by atoms with Gasteiger partial charge < -0.3 is 16.4 Å². The molecule has 0 unspecified atom stereocenters. The Hall–Kier alpha value is -4.05. The molecule has 40 heavy (non-hydrogen) atoms. The van der Waals surface area contributed by atoms with Crippen molar-refractivity contribution in [1.29, 1.82) is 5.26 Å². The summed E-state index contributed by atoms with van der Waals surface area (Å²) in [4.78, 5) is 25.1. The molecule has 2 aromatic heterocycles. The van der Waals surface area contributed by atoms with Gasteiger partial charge in [-0.1, -0.05) is 65.5 Å². The molecular weight excluding hydrogens is 544 g/mol. The van der Waals surface area contributed by atoms with Crippen molar-refractivity contribution in [2.75, 3.05) is 10.6 Å². The molecule has 12 heteroatoms. The predicted molar refractivity (Wildman–Crippen MR) is 154 cm³/mol. The topological polar surface area (TPSA) is 160 Å². The molecule has 1 saturated carbocycles. The predicted octanol–water partition coefficient (Wildman–Crippen LogP) is 4.52. The zero-order valence-electron chi connectivity index (χ0n) is 21.7. The maximum Gasteiger partial charge on any atom is 0.230 e. The van der Waals surface area contributed by atoms with Crippen LogP contribution in [0.15, 0.2) is 48.5 Å². The maximum absolute atomic E-state index is 12.6. The molecule has 1 aliphatic rings. The van der Waals surface area contributed by atoms with Crippen molar-refractivity contribution >= 4 is 44.8 Å². The third kappa shape index (κ3) is 7.12. The van der Waals surface area contributed by atoms with Crippen LogP contribution in [0.2, 0.25) is 0 Å². The van der Waals surface area contributed by atoms with Crippen LogP contribution in [0.25, 0.3) is 0 Å². The quantitative estimate of drug-likeness (QED) is 0.264. The average molecular weight is 573 g/mol. The number of hydrogen-bond donors (Lipinski definition) is 3. The summed E-state index contributed by atoms with van der Waals surface area (Å²) in [5.74, 6) is 0.0953. The standard InChI is InChI=1S/C28H28N8O2S2/c29-15-19-6-1-4-17(10-19)12-23(37)31-27-35-33-25(39-27)21-8-3-9-22(14-21)26-34-36-28(40-26)32-24(38)13-18-5-2-7-20(11-18)16-30/h1-2,4-7,10-11,21-22H,3,8-9,12-15,29H2,(H,31,35,37)(H,32,36,38)/t21-,22-/m0/s1. The number of amides is 2. The zero-order chi connectivity index (χ0) is 27.9. The van der Waals surface area contributed by atoms with E-state index in [0.29, 0.717) is 22.4 Å². The number of aromatic nitrogens is 4. The molecule has 2 aromatic carbocycles. The lowest BCUT2D eigenvalue weighted by Crippen LogP contribution is -2.14. The highest BCUT2D eigenvalue weighted by Gasteiger charge is 2.29. The molecule has 0 radical (unpaired) electrons. The van der Waals surface area contributed by atoms with Crippen molar-refractivity contribution in [1.82, 2.24) is 20.4 Å². The summed E-state index contributed by atoms with van der Waals surface area (Å²) in [5, 5.41) is 34.7. The lowest BCUT2D eigenvalue weighted by atomic mass is 9.82. The van der Waals surface area contributed by atoms with Crippen molar-refractivity contribution in [3.8, 4) is 6.07 Å². The van der Waals surface area contributed by atoms with Crippen LogP contribution in [0, 0.1) is 11.3 Å². The lowest BCUT2D eigenvalue weighted by Gasteiger charge is -2.25. The van der Waals surface area contributed by atoms with E-state index in [0.717, 1.165) is 52.4 Å². The summed E-state index contributed by atoms with van der Waals surface area (Å²) >= 11 is 2.81. The Labute approximate surface area is 239 Å². The van der Waals surface area contributed by atoms with Crippen LogP contribution in [0.1, 0.15) is 69.8 Å². The van der Waals surface area contributed by atoms with E-state index in [1.165, 1.54) is 22.7 Å². The average Bonchev–Trinajstić information content (AvgIpc) is 3.63. The van der Waals surface area contributed by atoms with Crippen molar-refractivity contribution in [2.45, 2.75) is 56.9 Å². The van der Waals surface area contributed by atoms with Gasteiger partial charge in [0.1, 0.15) is 10.0 Å². The number of benzene rings is 2. The number of carbonyl (C=O) groups is 2. The van der Waals surface area contributed by atoms with E-state index in [1.54, 1.807) is 18.2 Å². The van der Waals surface area contributed by atoms with Crippen LogP contribution in [0.4, 0.5) is 10.3 Å². The highest BCUT2D eigenvalue weighted by atomic mass is 32.1. The first-order valence-electron chi connectivity index (χ1n) is 13.0. The van der Waals surface area contributed by atoms with Gasteiger partial charge >= 0.3 is 0 Å². The van der Waals surface area contributed by atoms with E-state index in [2.05, 4.69) is 37.1 Å². The summed E-state index contributed by atoms with van der Waals surface area (Å²) in [5.41, 5.74) is 8.88. The zero-order valence-corrected chi connectivity index (χ0v) is 23.3. The number of nitrogens with zero attached hydrogens (tertiary/aromatic N) is 5. The largest absolute Gasteiger partial charge is 0.326 e. The Morgan fingerprint density at radius 1 is 0.850 bits per heavy atom. The third-order valence-electron chi connectivity index (χ3n) is 6.76. The van der Waals surface area contributed by atoms with Crippen LogP contribution < -0.4 is 16.4 Å². The van der Waals surface area contributed by atoms with E-state index in [4.69, 9.17) is 11.0 Å². The van der Waals surface area contributed by atoms with Crippen LogP contribution in [-0.4, -0.2) is 32.2 Å². The number of nitrogens with one attached hydrogen (secondary N) is 2. The highest BCUT2D eigenvalue weighted by Crippen LogP contribution is 2.43. The molecule has 0 aliphatic heterocycles. The fourth-order valence-corrected chi connectivity index (χ4v) is 6.67. The molecule has 2 heterocycles. The number of carbonyl (C=O) groups excluding carboxylic acids is 2. The van der Waals surface area contributed by atoms with Gasteiger partial charge in [0.25, 0.3) is 0 Å². The Morgan fingerprint density at radius 3 is 1.98 bits per heavy atom. The second-order valence-electron chi connectivity index (χ2n) is 9.74. The fraction of sp³-hybridized carbons (Fsp3) is 0.321. The summed E-state index contributed by atoms with van der Waals surface area (Å²) in [7, 11) is 0. The molecule has 4 aromatic rings. The van der Waals surface area contributed by atoms with Crippen LogP contribution in [0.5, 0.6) is 0 Å². The molecule has 2 atom stereocenters. The Bertz CT molecular complexity index is 1540. The monoisotopic (exact) mass is 572 g/mol. The van der Waals surface area contributed by atoms with Crippen molar-refractivity contribution < 1.29 is 9.59 Å². The van der Waals surface area contributed by atoms with Gasteiger partial charge in [0.05, 0.1) is 24.5 Å². The molecule has 0 bridgehead atoms. The first kappa shape index (κ1) is 27.5. The minimum atomic E-state index is -0.199. The molecule has 5 rings (SSSR count). The molecule has 0 spiro atoms. The van der Waals surface area contributed by atoms with Gasteiger partial charge in [-0.2, -0.15) is 5.26 Å². The Morgan fingerprint density at radius 2 is 1.40 bits per heavy atom. The molecule has 0 saturated heterocycles. The number of hydrogen-bond acceptors (Lipinski definition) is 10. The Balaban J connectivity index is 1.15. The first-order chi connectivity index (χ1) is 19.5. The van der Waals surface area contributed by atoms with Crippen molar-refractivity contribution in [3.05, 3.63) is 80.8 Å². The van der Waals surface area contributed by atoms with Gasteiger partial charge in [-0.25, -0.2) is 0 Å². The second kappa shape index (κ2) is 12.9. The third-order valence-corrected chi connectivity index (χ3v) is 8.76. The van der Waals surface area contributed by atoms with E-state index in [9.17, 15) is 9.59 Å². The van der Waals surface area contributed by atoms with E-state index in [1.807, 2.05) is 30.3 Å². The Kier molecular flexibility index (Phi) is 8.85. The van der Waals surface area contributed by atoms with Gasteiger partial charge in [-0.3, -0.25) is 9.59 Å². The van der Waals surface area contributed by atoms with Crippen molar-refractivity contribution in [3.63, 3.8) is 0 Å². The van der Waals surface area contributed by atoms with Gasteiger partial charge in [0.15, 0.2) is 0 Å². The SMILES string of the molecule is N#Cc1cccc(CC(=O)Nc2nnc([C@H]3CCC[C@H](c4nnc(NC(=O)Cc5cccc(CN)c5)s4)C3)s2)c1. The van der Waals surface area contributed by atoms with Crippen molar-refractivity contribution in [2.24, 2.45) is 5.73 Å². The number of rotatable bonds is 9. The molecule has 4 N–H and O–H groups in total. The fourth-order valence-electron chi connectivity index (χ4n) is 4.85. The minimum absolute atomic E-state index is 0.139. The number of nitrogens with two attached hydrogens (primary N) is 1. The van der Waals surface area contributed by atoms with Crippen LogP contribution in [-0.2, 0) is 29.0 Å². The number of anilines is 2. The maximum atomic E-state index is 12.6. The van der Waals surface area contributed by atoms with Gasteiger partial charge in [0, 0.05) is 18.4 Å². The molecule has 1 aliphatic carbocycles. The van der Waals surface area contributed by atoms with E-state index in [-0.39, 0.29) is 36.5 Å². The van der Waals surface area contributed by atoms with Crippen LogP contribution >= 0.6 is 22.7 Å². The van der Waals surface area contributed by atoms with E-state index >= 15 is 0 Å². The molecular formula is C28H28N8O2S2. The highest BCUT2D eigenvalue weighted by molar-refractivity contribution is 7.15. The second-order valence-corrected chi connectivity index (χ2v) is 11.8. The summed E-state index contributed by atoms with van der Waals surface area (Å²) in [6, 6.07) is 16.8. The van der Waals surface area contributed by atoms with E-state index < -0.39 is 0 Å². The number of nitriles is 1. The van der Waals surface area contributed by atoms with Gasteiger partial charge in [0.2, 0.25) is 22.1 Å². The summed E-state index contributed by atoms with van der Waals surface area (Å²) in [6.45, 7) is 0.434. The summed E-state index contributed by atoms with van der Waals surface area (Å²) < 4.78 is 0. The van der Waals surface area contributed by atoms with Gasteiger partial charge in [-0.15, -0.1) is 20.4 Å². The minimum Gasteiger partial charge on any atom is -0.326 e. The van der Waals surface area contributed by atoms with Crippen LogP contribution in [0.3, 0.4) is 0 Å². The lowest BCUT2D eigenvalue weighted by molar-refractivity contribution is -0.116. The van der Waals surface area contributed by atoms with Gasteiger partial charge in [-0.05, 0) is 48.1 Å². The molecule has 1 fully saturated rings. The summed E-state index contributed by atoms with van der Waals surface area (Å²) in [6.07, 6.45) is 4.27. The normalized spacial score (nSPS) is 16.7. The molecule has 2 amide bonds. The molecule has 204 valence electrons. The molecule has 10 nitrogen and oxygen atoms in total. The smallest absolute Gasteiger partial charge is 0.230 e. The first-order valence-corrected chi connectivity index (χ1v) is 14.7.